The van der Waals surface area contributed by atoms with Crippen LogP contribution in [0.3, 0.4) is 0 Å². The maximum Gasteiger partial charge on any atom is 0.200 e. The summed E-state index contributed by atoms with van der Waals surface area (Å²) in [5, 5.41) is 12.4. The molecule has 0 radical (unpaired) electrons. The molecule has 2 heterocycles. The van der Waals surface area contributed by atoms with Gasteiger partial charge in [-0.2, -0.15) is 0 Å². The van der Waals surface area contributed by atoms with Crippen LogP contribution < -0.4 is 10.0 Å². The molecule has 2 aromatic rings. The topological polar surface area (TPSA) is 46.4 Å². The van der Waals surface area contributed by atoms with Crippen LogP contribution in [0.1, 0.15) is 80.1 Å². The maximum absolute atomic E-state index is 12.4. The minimum Gasteiger partial charge on any atom is -0.545 e. The van der Waals surface area contributed by atoms with Crippen molar-refractivity contribution in [2.45, 2.75) is 58.3 Å². The number of benzene rings is 2. The van der Waals surface area contributed by atoms with E-state index >= 15 is 0 Å². The van der Waals surface area contributed by atoms with Crippen molar-refractivity contribution in [2.24, 2.45) is 0 Å². The summed E-state index contributed by atoms with van der Waals surface area (Å²) in [4.78, 5) is 14.8. The Labute approximate surface area is 220 Å². The van der Waals surface area contributed by atoms with E-state index in [1.165, 1.54) is 35.4 Å². The number of carbonyl (C=O) groups excluding carboxylic acids is 1. The summed E-state index contributed by atoms with van der Waals surface area (Å²) in [5.41, 5.74) is 10.0. The first kappa shape index (κ1) is 24.0. The average molecular weight is 493 g/mol. The standard InChI is InChI=1S/C33H36N2O2/c1-32(2,3)21-8-11-24(31(36)37)27(18-21)30-25-12-9-22(34-14-6-15-34)19-28(25)33(4,5)29-20-23(10-13-26(29)30)35-16-7-17-35/h8-13,18-20H,6-7,14-17H2,1-5H3. The molecular formula is C33H36N2O2. The third kappa shape index (κ3) is 3.80. The quantitative estimate of drug-likeness (QED) is 0.567. The van der Waals surface area contributed by atoms with Crippen LogP contribution in [0.4, 0.5) is 5.69 Å². The van der Waals surface area contributed by atoms with Crippen LogP contribution in [-0.2, 0) is 10.8 Å². The van der Waals surface area contributed by atoms with E-state index in [4.69, 9.17) is 0 Å². The molecule has 6 rings (SSSR count). The average Bonchev–Trinajstić information content (AvgIpc) is 2.77. The van der Waals surface area contributed by atoms with Crippen LogP contribution in [0, 0.1) is 0 Å². The lowest BCUT2D eigenvalue weighted by Gasteiger charge is -2.41. The molecule has 0 spiro atoms. The van der Waals surface area contributed by atoms with Crippen LogP contribution in [0.5, 0.6) is 0 Å². The first-order valence-corrected chi connectivity index (χ1v) is 13.6. The summed E-state index contributed by atoms with van der Waals surface area (Å²) in [6.07, 6.45) is 9.23. The number of carbonyl (C=O) groups is 1. The highest BCUT2D eigenvalue weighted by Gasteiger charge is 2.40. The fourth-order valence-corrected chi connectivity index (χ4v) is 6.05. The van der Waals surface area contributed by atoms with Crippen molar-refractivity contribution in [3.8, 4) is 0 Å². The van der Waals surface area contributed by atoms with Crippen LogP contribution in [-0.4, -0.2) is 42.4 Å². The fraction of sp³-hybridized carbons (Fsp3) is 0.394. The van der Waals surface area contributed by atoms with Crippen molar-refractivity contribution < 1.29 is 14.5 Å². The van der Waals surface area contributed by atoms with Gasteiger partial charge >= 0.3 is 0 Å². The highest BCUT2D eigenvalue weighted by molar-refractivity contribution is 6.08. The molecule has 4 aliphatic rings. The molecule has 2 fully saturated rings. The Morgan fingerprint density at radius 2 is 1.73 bits per heavy atom. The van der Waals surface area contributed by atoms with Crippen LogP contribution in [0.25, 0.3) is 5.57 Å². The number of allylic oxidation sites excluding steroid dienone is 5. The lowest BCUT2D eigenvalue weighted by Crippen LogP contribution is -2.38. The van der Waals surface area contributed by atoms with Crippen molar-refractivity contribution >= 4 is 22.9 Å². The Bertz CT molecular complexity index is 1450. The molecule has 0 bridgehead atoms. The molecule has 4 heteroatoms. The normalized spacial score (nSPS) is 20.1. The first-order valence-electron chi connectivity index (χ1n) is 13.6. The number of carboxylic acid groups (broad SMARTS) is 1. The molecule has 0 unspecified atom stereocenters. The van der Waals surface area contributed by atoms with Gasteiger partial charge in [0.1, 0.15) is 13.1 Å². The number of aromatic carboxylic acids is 1. The van der Waals surface area contributed by atoms with Gasteiger partial charge in [-0.25, -0.2) is 4.58 Å². The molecule has 0 amide bonds. The number of rotatable bonds is 3. The lowest BCUT2D eigenvalue weighted by molar-refractivity contribution is -0.582. The summed E-state index contributed by atoms with van der Waals surface area (Å²) in [7, 11) is 0. The van der Waals surface area contributed by atoms with Gasteiger partial charge in [-0.3, -0.25) is 0 Å². The maximum atomic E-state index is 12.4. The summed E-state index contributed by atoms with van der Waals surface area (Å²) < 4.78 is 2.43. The SMILES string of the molecule is CC(C)(C)c1ccc(C(=O)[O-])c(C2=C3C=CC(=[N+]4CCC4)C=C3C(C)(C)c3cc(N4CCC4)ccc32)c1. The van der Waals surface area contributed by atoms with E-state index in [0.717, 1.165) is 54.0 Å². The Balaban J connectivity index is 1.66. The predicted molar refractivity (Wildman–Crippen MR) is 149 cm³/mol. The molecule has 190 valence electrons. The van der Waals surface area contributed by atoms with Gasteiger partial charge in [0, 0.05) is 41.9 Å². The van der Waals surface area contributed by atoms with E-state index in [9.17, 15) is 9.90 Å². The highest BCUT2D eigenvalue weighted by atomic mass is 16.4. The molecule has 4 nitrogen and oxygen atoms in total. The van der Waals surface area contributed by atoms with E-state index in [1.54, 1.807) is 6.07 Å². The Morgan fingerprint density at radius 1 is 0.973 bits per heavy atom. The molecule has 2 aromatic carbocycles. The smallest absolute Gasteiger partial charge is 0.200 e. The summed E-state index contributed by atoms with van der Waals surface area (Å²) >= 11 is 0. The first-order chi connectivity index (χ1) is 17.6. The minimum atomic E-state index is -1.13. The zero-order valence-electron chi connectivity index (χ0n) is 22.6. The molecule has 0 saturated carbocycles. The van der Waals surface area contributed by atoms with Gasteiger partial charge in [-0.1, -0.05) is 52.8 Å². The van der Waals surface area contributed by atoms with Crippen molar-refractivity contribution in [3.63, 3.8) is 0 Å². The Kier molecular flexibility index (Phi) is 5.38. The second-order valence-corrected chi connectivity index (χ2v) is 12.4. The molecule has 37 heavy (non-hydrogen) atoms. The second kappa shape index (κ2) is 8.31. The molecule has 0 N–H and O–H groups in total. The fourth-order valence-electron chi connectivity index (χ4n) is 6.05. The summed E-state index contributed by atoms with van der Waals surface area (Å²) in [5.74, 6) is -1.13. The largest absolute Gasteiger partial charge is 0.545 e. The van der Waals surface area contributed by atoms with Gasteiger partial charge in [0.15, 0.2) is 5.71 Å². The van der Waals surface area contributed by atoms with Crippen LogP contribution in [0.2, 0.25) is 0 Å². The van der Waals surface area contributed by atoms with Crippen LogP contribution >= 0.6 is 0 Å². The highest BCUT2D eigenvalue weighted by Crippen LogP contribution is 2.51. The third-order valence-corrected chi connectivity index (χ3v) is 8.71. The number of hydrogen-bond donors (Lipinski definition) is 0. The lowest BCUT2D eigenvalue weighted by atomic mass is 9.63. The molecule has 0 aromatic heterocycles. The van der Waals surface area contributed by atoms with Crippen molar-refractivity contribution in [2.75, 3.05) is 31.1 Å². The minimum absolute atomic E-state index is 0.109. The Hall–Kier alpha value is -3.40. The molecular weight excluding hydrogens is 456 g/mol. The number of nitrogens with zero attached hydrogens (tertiary/aromatic N) is 2. The van der Waals surface area contributed by atoms with Gasteiger partial charge in [0.05, 0.1) is 12.4 Å². The van der Waals surface area contributed by atoms with Gasteiger partial charge in [0.2, 0.25) is 0 Å². The molecule has 2 saturated heterocycles. The summed E-state index contributed by atoms with van der Waals surface area (Å²) in [6.45, 7) is 15.5. The van der Waals surface area contributed by atoms with Crippen molar-refractivity contribution in [1.29, 1.82) is 0 Å². The summed E-state index contributed by atoms with van der Waals surface area (Å²) in [6, 6.07) is 12.5. The monoisotopic (exact) mass is 492 g/mol. The van der Waals surface area contributed by atoms with Gasteiger partial charge in [0.25, 0.3) is 0 Å². The molecule has 2 aliphatic heterocycles. The zero-order chi connectivity index (χ0) is 26.1. The molecule has 0 atom stereocenters. The molecule has 2 aliphatic carbocycles. The van der Waals surface area contributed by atoms with Gasteiger partial charge in [-0.05, 0) is 75.1 Å². The Morgan fingerprint density at radius 3 is 2.32 bits per heavy atom. The van der Waals surface area contributed by atoms with Gasteiger partial charge in [-0.15, -0.1) is 0 Å². The number of hydrogen-bond acceptors (Lipinski definition) is 3. The second-order valence-electron chi connectivity index (χ2n) is 12.4. The third-order valence-electron chi connectivity index (χ3n) is 8.71. The van der Waals surface area contributed by atoms with Gasteiger partial charge < -0.3 is 14.8 Å². The van der Waals surface area contributed by atoms with E-state index in [0.29, 0.717) is 0 Å². The van der Waals surface area contributed by atoms with Crippen LogP contribution in [0.15, 0.2) is 65.8 Å². The van der Waals surface area contributed by atoms with Crippen molar-refractivity contribution in [3.05, 3.63) is 93.6 Å². The van der Waals surface area contributed by atoms with E-state index in [1.807, 2.05) is 6.07 Å². The number of anilines is 1. The van der Waals surface area contributed by atoms with Crippen molar-refractivity contribution in [1.82, 2.24) is 0 Å². The van der Waals surface area contributed by atoms with E-state index in [2.05, 4.69) is 86.6 Å². The van der Waals surface area contributed by atoms with E-state index in [-0.39, 0.29) is 16.4 Å². The zero-order valence-corrected chi connectivity index (χ0v) is 22.6. The number of carboxylic acids is 1. The number of fused-ring (bicyclic) bond motifs is 2. The van der Waals surface area contributed by atoms with E-state index < -0.39 is 5.97 Å². The predicted octanol–water partition coefficient (Wildman–Crippen LogP) is 5.00.